The van der Waals surface area contributed by atoms with E-state index in [0.29, 0.717) is 37.8 Å². The molecule has 0 unspecified atom stereocenters. The van der Waals surface area contributed by atoms with Gasteiger partial charge in [-0.25, -0.2) is 8.78 Å². The Balaban J connectivity index is 2.31. The summed E-state index contributed by atoms with van der Waals surface area (Å²) in [5, 5.41) is 0. The summed E-state index contributed by atoms with van der Waals surface area (Å²) in [6.45, 7) is 0.341. The summed E-state index contributed by atoms with van der Waals surface area (Å²) in [4.78, 5) is 23.1. The molecule has 20 heavy (non-hydrogen) atoms. The first kappa shape index (κ1) is 16.1. The van der Waals surface area contributed by atoms with Crippen molar-refractivity contribution in [1.29, 1.82) is 0 Å². The van der Waals surface area contributed by atoms with Gasteiger partial charge < -0.3 is 9.64 Å². The maximum Gasteiger partial charge on any atom is 0.325 e. The standard InChI is InChI=1S/C14H17F2NO3/c1-20-14(19)9-17(10-18)7-3-2-4-11-5-6-12(15)13(16)8-11/h5-6,8,10H,2-4,7,9H2,1H3. The van der Waals surface area contributed by atoms with E-state index >= 15 is 0 Å². The van der Waals surface area contributed by atoms with Gasteiger partial charge in [-0.3, -0.25) is 9.59 Å². The molecule has 1 aromatic rings. The van der Waals surface area contributed by atoms with Gasteiger partial charge in [-0.05, 0) is 37.0 Å². The van der Waals surface area contributed by atoms with Crippen LogP contribution in [0.2, 0.25) is 0 Å². The van der Waals surface area contributed by atoms with Crippen molar-refractivity contribution in [3.05, 3.63) is 35.4 Å². The Morgan fingerprint density at radius 3 is 2.65 bits per heavy atom. The maximum atomic E-state index is 13.0. The van der Waals surface area contributed by atoms with E-state index in [-0.39, 0.29) is 6.54 Å². The average molecular weight is 285 g/mol. The lowest BCUT2D eigenvalue weighted by molar-refractivity contribution is -0.144. The van der Waals surface area contributed by atoms with Gasteiger partial charge in [-0.1, -0.05) is 6.07 Å². The normalized spacial score (nSPS) is 10.2. The van der Waals surface area contributed by atoms with E-state index in [1.165, 1.54) is 24.1 Å². The molecule has 0 saturated carbocycles. The van der Waals surface area contributed by atoms with E-state index in [2.05, 4.69) is 4.74 Å². The summed E-state index contributed by atoms with van der Waals surface area (Å²) in [6.07, 6.45) is 2.54. The zero-order chi connectivity index (χ0) is 15.0. The van der Waals surface area contributed by atoms with Crippen molar-refractivity contribution < 1.29 is 23.1 Å². The van der Waals surface area contributed by atoms with Crippen LogP contribution in [0.4, 0.5) is 8.78 Å². The molecule has 0 bridgehead atoms. The molecule has 1 rings (SSSR count). The van der Waals surface area contributed by atoms with Crippen LogP contribution >= 0.6 is 0 Å². The molecule has 0 atom stereocenters. The predicted molar refractivity (Wildman–Crippen MR) is 68.9 cm³/mol. The third kappa shape index (κ3) is 5.34. The van der Waals surface area contributed by atoms with Crippen LogP contribution in [0.15, 0.2) is 18.2 Å². The molecule has 1 aromatic carbocycles. The number of rotatable bonds is 8. The van der Waals surface area contributed by atoms with E-state index in [9.17, 15) is 18.4 Å². The Bertz CT molecular complexity index is 466. The van der Waals surface area contributed by atoms with Crippen molar-refractivity contribution in [2.75, 3.05) is 20.2 Å². The Morgan fingerprint density at radius 2 is 2.05 bits per heavy atom. The Morgan fingerprint density at radius 1 is 1.30 bits per heavy atom. The number of hydrogen-bond donors (Lipinski definition) is 0. The fourth-order valence-corrected chi connectivity index (χ4v) is 1.74. The van der Waals surface area contributed by atoms with Crippen molar-refractivity contribution >= 4 is 12.4 Å². The second-order valence-electron chi connectivity index (χ2n) is 4.36. The third-order valence-electron chi connectivity index (χ3n) is 2.85. The summed E-state index contributed by atoms with van der Waals surface area (Å²) in [7, 11) is 1.26. The van der Waals surface area contributed by atoms with Gasteiger partial charge in [0.2, 0.25) is 6.41 Å². The SMILES string of the molecule is COC(=O)CN(C=O)CCCCc1ccc(F)c(F)c1. The highest BCUT2D eigenvalue weighted by atomic mass is 19.2. The van der Waals surface area contributed by atoms with Gasteiger partial charge in [-0.15, -0.1) is 0 Å². The molecular weight excluding hydrogens is 268 g/mol. The number of aryl methyl sites for hydroxylation is 1. The first-order chi connectivity index (χ1) is 9.56. The highest BCUT2D eigenvalue weighted by Gasteiger charge is 2.08. The molecule has 0 fully saturated rings. The molecule has 0 aromatic heterocycles. The Hall–Kier alpha value is -1.98. The van der Waals surface area contributed by atoms with Crippen LogP contribution in [0, 0.1) is 11.6 Å². The first-order valence-electron chi connectivity index (χ1n) is 6.27. The number of benzene rings is 1. The molecule has 0 aliphatic heterocycles. The number of hydrogen-bond acceptors (Lipinski definition) is 3. The van der Waals surface area contributed by atoms with Gasteiger partial charge in [0.05, 0.1) is 7.11 Å². The molecule has 6 heteroatoms. The second-order valence-corrected chi connectivity index (χ2v) is 4.36. The molecule has 0 aliphatic carbocycles. The predicted octanol–water partition coefficient (Wildman–Crippen LogP) is 1.92. The minimum Gasteiger partial charge on any atom is -0.468 e. The molecule has 110 valence electrons. The quantitative estimate of drug-likeness (QED) is 0.416. The van der Waals surface area contributed by atoms with Crippen molar-refractivity contribution in [3.8, 4) is 0 Å². The Kier molecular flexibility index (Phi) is 6.63. The van der Waals surface area contributed by atoms with Crippen molar-refractivity contribution in [2.45, 2.75) is 19.3 Å². The van der Waals surface area contributed by atoms with Gasteiger partial charge in [0.1, 0.15) is 6.54 Å². The molecule has 0 saturated heterocycles. The molecule has 0 aliphatic rings. The second kappa shape index (κ2) is 8.24. The monoisotopic (exact) mass is 285 g/mol. The van der Waals surface area contributed by atoms with Crippen LogP contribution in [0.25, 0.3) is 0 Å². The van der Waals surface area contributed by atoms with E-state index in [1.807, 2.05) is 0 Å². The van der Waals surface area contributed by atoms with Crippen LogP contribution in [0.5, 0.6) is 0 Å². The number of esters is 1. The summed E-state index contributed by atoms with van der Waals surface area (Å²) in [5.41, 5.74) is 0.703. The summed E-state index contributed by atoms with van der Waals surface area (Å²) >= 11 is 0. The van der Waals surface area contributed by atoms with Crippen LogP contribution < -0.4 is 0 Å². The summed E-state index contributed by atoms with van der Waals surface area (Å²) in [6, 6.07) is 3.80. The van der Waals surface area contributed by atoms with E-state index < -0.39 is 17.6 Å². The average Bonchev–Trinajstić information content (AvgIpc) is 2.45. The number of carbonyl (C=O) groups is 2. The Labute approximate surface area is 116 Å². The summed E-state index contributed by atoms with van der Waals surface area (Å²) < 4.78 is 30.2. The topological polar surface area (TPSA) is 46.6 Å². The van der Waals surface area contributed by atoms with Crippen LogP contribution in [-0.4, -0.2) is 37.5 Å². The third-order valence-corrected chi connectivity index (χ3v) is 2.85. The van der Waals surface area contributed by atoms with Gasteiger partial charge >= 0.3 is 5.97 Å². The zero-order valence-corrected chi connectivity index (χ0v) is 11.3. The molecule has 0 radical (unpaired) electrons. The number of unbranched alkanes of at least 4 members (excludes halogenated alkanes) is 1. The van der Waals surface area contributed by atoms with Crippen LogP contribution in [0.3, 0.4) is 0 Å². The van der Waals surface area contributed by atoms with Crippen LogP contribution in [-0.2, 0) is 20.7 Å². The van der Waals surface area contributed by atoms with Gasteiger partial charge in [0, 0.05) is 6.54 Å². The highest BCUT2D eigenvalue weighted by molar-refractivity contribution is 5.73. The first-order valence-corrected chi connectivity index (χ1v) is 6.27. The number of halogens is 2. The highest BCUT2D eigenvalue weighted by Crippen LogP contribution is 2.11. The van der Waals surface area contributed by atoms with Crippen molar-refractivity contribution in [2.24, 2.45) is 0 Å². The molecule has 0 spiro atoms. The molecule has 1 amide bonds. The van der Waals surface area contributed by atoms with Gasteiger partial charge in [-0.2, -0.15) is 0 Å². The van der Waals surface area contributed by atoms with Gasteiger partial charge in [0.25, 0.3) is 0 Å². The van der Waals surface area contributed by atoms with E-state index in [1.54, 1.807) is 0 Å². The lowest BCUT2D eigenvalue weighted by Crippen LogP contribution is -2.30. The zero-order valence-electron chi connectivity index (χ0n) is 11.3. The minimum atomic E-state index is -0.862. The van der Waals surface area contributed by atoms with E-state index in [4.69, 9.17) is 0 Å². The minimum absolute atomic E-state index is 0.0782. The number of ether oxygens (including phenoxy) is 1. The molecule has 0 N–H and O–H groups in total. The fourth-order valence-electron chi connectivity index (χ4n) is 1.74. The fraction of sp³-hybridized carbons (Fsp3) is 0.429. The van der Waals surface area contributed by atoms with Crippen LogP contribution in [0.1, 0.15) is 18.4 Å². The number of amides is 1. The maximum absolute atomic E-state index is 13.0. The molecule has 0 heterocycles. The number of carbonyl (C=O) groups excluding carboxylic acids is 2. The smallest absolute Gasteiger partial charge is 0.325 e. The molecule has 4 nitrogen and oxygen atoms in total. The number of methoxy groups -OCH3 is 1. The van der Waals surface area contributed by atoms with Gasteiger partial charge in [0.15, 0.2) is 11.6 Å². The largest absolute Gasteiger partial charge is 0.468 e. The van der Waals surface area contributed by atoms with Crippen molar-refractivity contribution in [3.63, 3.8) is 0 Å². The molecular formula is C14H17F2NO3. The lowest BCUT2D eigenvalue weighted by atomic mass is 10.1. The van der Waals surface area contributed by atoms with E-state index in [0.717, 1.165) is 6.07 Å². The number of nitrogens with zero attached hydrogens (tertiary/aromatic N) is 1. The lowest BCUT2D eigenvalue weighted by Gasteiger charge is -2.15. The summed E-state index contributed by atoms with van der Waals surface area (Å²) in [5.74, 6) is -2.20. The van der Waals surface area contributed by atoms with Crippen molar-refractivity contribution in [1.82, 2.24) is 4.90 Å².